The fourth-order valence-electron chi connectivity index (χ4n) is 7.75. The SMILES string of the molecule is CC[C@@]12C=CCN(c3ccccc3)C(=O)[C@@H]1[C@H]1C(=O)N([C@@H](CO)CC(C)C)C3C(=O)N(Cc4ccccc4)CC=C[C@@]31O2. The minimum Gasteiger partial charge on any atom is -0.394 e. The standard InChI is InChI=1S/C35H41N3O5/c1-4-34-17-11-20-37(26-15-9-6-10-16-26)31(40)28(34)29-32(41)38(27(23-39)21-24(2)3)30-33(42)36(19-12-18-35(29,30)43-34)22-25-13-7-5-8-14-25/h5-18,24,27-30,39H,4,19-23H2,1-3H3/t27-,28+,29+,30?,34-,35+/m1/s1. The molecule has 8 heteroatoms. The van der Waals surface area contributed by atoms with Crippen LogP contribution in [0.15, 0.2) is 85.0 Å². The van der Waals surface area contributed by atoms with Gasteiger partial charge in [0.1, 0.15) is 11.6 Å². The molecule has 0 radical (unpaired) electrons. The zero-order valence-electron chi connectivity index (χ0n) is 25.1. The molecule has 2 fully saturated rings. The molecule has 0 saturated carbocycles. The van der Waals surface area contributed by atoms with Crippen LogP contribution in [0.3, 0.4) is 0 Å². The summed E-state index contributed by atoms with van der Waals surface area (Å²) in [5.74, 6) is -2.31. The van der Waals surface area contributed by atoms with Crippen LogP contribution in [0.2, 0.25) is 0 Å². The number of fused-ring (bicyclic) bond motifs is 2. The Labute approximate surface area is 253 Å². The van der Waals surface area contributed by atoms with Gasteiger partial charge in [-0.05, 0) is 36.5 Å². The number of aliphatic hydroxyl groups is 1. The molecule has 226 valence electrons. The van der Waals surface area contributed by atoms with Gasteiger partial charge in [-0.2, -0.15) is 0 Å². The van der Waals surface area contributed by atoms with Gasteiger partial charge >= 0.3 is 0 Å². The summed E-state index contributed by atoms with van der Waals surface area (Å²) < 4.78 is 7.09. The van der Waals surface area contributed by atoms with Gasteiger partial charge in [-0.25, -0.2) is 0 Å². The molecule has 4 aliphatic rings. The minimum atomic E-state index is -1.36. The maximum atomic E-state index is 14.8. The second kappa shape index (κ2) is 11.4. The van der Waals surface area contributed by atoms with Crippen molar-refractivity contribution in [1.29, 1.82) is 0 Å². The molecule has 3 amide bonds. The van der Waals surface area contributed by atoms with Crippen LogP contribution in [0.5, 0.6) is 0 Å². The predicted octanol–water partition coefficient (Wildman–Crippen LogP) is 3.96. The summed E-state index contributed by atoms with van der Waals surface area (Å²) in [6.45, 7) is 6.84. The zero-order valence-corrected chi connectivity index (χ0v) is 25.1. The minimum absolute atomic E-state index is 0.171. The van der Waals surface area contributed by atoms with Crippen LogP contribution >= 0.6 is 0 Å². The molecule has 1 N–H and O–H groups in total. The van der Waals surface area contributed by atoms with Crippen LogP contribution < -0.4 is 4.90 Å². The molecule has 0 bridgehead atoms. The number of anilines is 1. The number of hydrogen-bond acceptors (Lipinski definition) is 5. The Morgan fingerprint density at radius 1 is 0.884 bits per heavy atom. The summed E-state index contributed by atoms with van der Waals surface area (Å²) in [7, 11) is 0. The molecule has 1 unspecified atom stereocenters. The number of aliphatic hydroxyl groups excluding tert-OH is 1. The van der Waals surface area contributed by atoms with Crippen molar-refractivity contribution in [3.05, 3.63) is 90.5 Å². The molecule has 6 atom stereocenters. The molecule has 8 nitrogen and oxygen atoms in total. The van der Waals surface area contributed by atoms with Gasteiger partial charge in [0.05, 0.1) is 30.1 Å². The van der Waals surface area contributed by atoms with Crippen LogP contribution in [0.1, 0.15) is 39.2 Å². The number of para-hydroxylation sites is 1. The first-order valence-corrected chi connectivity index (χ1v) is 15.4. The van der Waals surface area contributed by atoms with Crippen molar-refractivity contribution in [1.82, 2.24) is 9.80 Å². The molecule has 0 aliphatic carbocycles. The van der Waals surface area contributed by atoms with Crippen molar-refractivity contribution >= 4 is 23.4 Å². The van der Waals surface area contributed by atoms with E-state index in [2.05, 4.69) is 0 Å². The topological polar surface area (TPSA) is 90.4 Å². The average Bonchev–Trinajstić information content (AvgIpc) is 3.31. The lowest BCUT2D eigenvalue weighted by molar-refractivity contribution is -0.156. The van der Waals surface area contributed by atoms with Crippen LogP contribution in [0, 0.1) is 17.8 Å². The van der Waals surface area contributed by atoms with Crippen LogP contribution in [0.25, 0.3) is 0 Å². The normalized spacial score (nSPS) is 30.8. The number of rotatable bonds is 8. The van der Waals surface area contributed by atoms with Crippen molar-refractivity contribution in [2.75, 3.05) is 24.6 Å². The lowest BCUT2D eigenvalue weighted by Crippen LogP contribution is -2.59. The Bertz CT molecular complexity index is 1430. The van der Waals surface area contributed by atoms with Crippen LogP contribution in [-0.2, 0) is 25.7 Å². The molecular formula is C35H41N3O5. The smallest absolute Gasteiger partial charge is 0.249 e. The van der Waals surface area contributed by atoms with E-state index in [9.17, 15) is 19.5 Å². The lowest BCUT2D eigenvalue weighted by atomic mass is 9.73. The summed E-state index contributed by atoms with van der Waals surface area (Å²) in [4.78, 5) is 49.1. The van der Waals surface area contributed by atoms with Gasteiger partial charge in [-0.1, -0.05) is 93.6 Å². The number of amides is 3. The monoisotopic (exact) mass is 583 g/mol. The second-order valence-corrected chi connectivity index (χ2v) is 12.6. The van der Waals surface area contributed by atoms with E-state index in [4.69, 9.17) is 4.74 Å². The fraction of sp³-hybridized carbons (Fsp3) is 0.457. The predicted molar refractivity (Wildman–Crippen MR) is 164 cm³/mol. The molecule has 1 spiro atoms. The van der Waals surface area contributed by atoms with E-state index in [1.807, 2.05) is 106 Å². The highest BCUT2D eigenvalue weighted by Crippen LogP contribution is 2.59. The number of nitrogens with zero attached hydrogens (tertiary/aromatic N) is 3. The number of carbonyl (C=O) groups is 3. The maximum absolute atomic E-state index is 14.8. The highest BCUT2D eigenvalue weighted by atomic mass is 16.5. The van der Waals surface area contributed by atoms with Crippen molar-refractivity contribution in [3.63, 3.8) is 0 Å². The summed E-state index contributed by atoms with van der Waals surface area (Å²) in [5, 5.41) is 10.6. The number of benzene rings is 2. The van der Waals surface area contributed by atoms with Gasteiger partial charge in [-0.3, -0.25) is 14.4 Å². The summed E-state index contributed by atoms with van der Waals surface area (Å²) in [5.41, 5.74) is -0.687. The van der Waals surface area contributed by atoms with E-state index >= 15 is 0 Å². The quantitative estimate of drug-likeness (QED) is 0.476. The Balaban J connectivity index is 1.49. The third-order valence-electron chi connectivity index (χ3n) is 9.59. The molecule has 2 aromatic rings. The lowest BCUT2D eigenvalue weighted by Gasteiger charge is -2.41. The molecular weight excluding hydrogens is 542 g/mol. The molecule has 4 aliphatic heterocycles. The Morgan fingerprint density at radius 3 is 2.21 bits per heavy atom. The Morgan fingerprint density at radius 2 is 1.56 bits per heavy atom. The maximum Gasteiger partial charge on any atom is 0.249 e. The third-order valence-corrected chi connectivity index (χ3v) is 9.59. The number of ether oxygens (including phenoxy) is 1. The van der Waals surface area contributed by atoms with Crippen molar-refractivity contribution in [2.24, 2.45) is 17.8 Å². The highest BCUT2D eigenvalue weighted by molar-refractivity contribution is 6.04. The van der Waals surface area contributed by atoms with E-state index in [1.165, 1.54) is 0 Å². The summed E-state index contributed by atoms with van der Waals surface area (Å²) in [6, 6.07) is 17.6. The van der Waals surface area contributed by atoms with Gasteiger partial charge in [0, 0.05) is 25.3 Å². The van der Waals surface area contributed by atoms with Crippen LogP contribution in [0.4, 0.5) is 5.69 Å². The van der Waals surface area contributed by atoms with Crippen LogP contribution in [-0.4, -0.2) is 75.6 Å². The first-order chi connectivity index (χ1) is 20.8. The van der Waals surface area contributed by atoms with Gasteiger partial charge in [0.2, 0.25) is 17.7 Å². The van der Waals surface area contributed by atoms with E-state index in [-0.39, 0.29) is 30.2 Å². The molecule has 4 heterocycles. The Kier molecular flexibility index (Phi) is 7.77. The van der Waals surface area contributed by atoms with Gasteiger partial charge in [0.15, 0.2) is 0 Å². The Hall–Kier alpha value is -3.75. The van der Waals surface area contributed by atoms with Crippen molar-refractivity contribution in [3.8, 4) is 0 Å². The number of hydrogen-bond donors (Lipinski definition) is 1. The first kappa shape index (κ1) is 29.3. The van der Waals surface area contributed by atoms with Crippen molar-refractivity contribution in [2.45, 2.75) is 63.4 Å². The first-order valence-electron chi connectivity index (χ1n) is 15.4. The average molecular weight is 584 g/mol. The van der Waals surface area contributed by atoms with Gasteiger partial charge in [-0.15, -0.1) is 0 Å². The second-order valence-electron chi connectivity index (χ2n) is 12.6. The largest absolute Gasteiger partial charge is 0.394 e. The number of carbonyl (C=O) groups excluding carboxylic acids is 3. The molecule has 43 heavy (non-hydrogen) atoms. The highest BCUT2D eigenvalue weighted by Gasteiger charge is 2.76. The molecule has 0 aromatic heterocycles. The number of likely N-dealkylation sites (tertiary alicyclic amines) is 1. The molecule has 2 aromatic carbocycles. The van der Waals surface area contributed by atoms with Crippen molar-refractivity contribution < 1.29 is 24.2 Å². The van der Waals surface area contributed by atoms with E-state index in [0.29, 0.717) is 32.5 Å². The zero-order chi connectivity index (χ0) is 30.4. The molecule has 6 rings (SSSR count). The molecule has 2 saturated heterocycles. The van der Waals surface area contributed by atoms with E-state index in [1.54, 1.807) is 14.7 Å². The van der Waals surface area contributed by atoms with Gasteiger partial charge in [0.25, 0.3) is 0 Å². The fourth-order valence-corrected chi connectivity index (χ4v) is 7.75. The van der Waals surface area contributed by atoms with E-state index in [0.717, 1.165) is 11.3 Å². The summed E-state index contributed by atoms with van der Waals surface area (Å²) >= 11 is 0. The van der Waals surface area contributed by atoms with E-state index < -0.39 is 35.1 Å². The third kappa shape index (κ3) is 4.71. The van der Waals surface area contributed by atoms with Gasteiger partial charge < -0.3 is 24.5 Å². The summed E-state index contributed by atoms with van der Waals surface area (Å²) in [6.07, 6.45) is 8.67.